The van der Waals surface area contributed by atoms with Crippen LogP contribution in [0.25, 0.3) is 0 Å². The number of aliphatic hydroxyl groups is 4. The summed E-state index contributed by atoms with van der Waals surface area (Å²) >= 11 is 0. The third-order valence-electron chi connectivity index (χ3n) is 10.3. The number of fused-ring (bicyclic) bond motifs is 5. The van der Waals surface area contributed by atoms with Crippen LogP contribution in [-0.4, -0.2) is 55.3 Å². The molecule has 0 radical (unpaired) electrons. The molecule has 0 aliphatic heterocycles. The van der Waals surface area contributed by atoms with Crippen molar-refractivity contribution in [3.05, 3.63) is 0 Å². The molecule has 176 valence electrons. The summed E-state index contributed by atoms with van der Waals surface area (Å²) in [6.45, 7) is 6.23. The fraction of sp³-hybridized carbons (Fsp3) is 0.917. The zero-order valence-electron chi connectivity index (χ0n) is 18.8. The van der Waals surface area contributed by atoms with Crippen LogP contribution in [0.4, 0.5) is 0 Å². The topological polar surface area (TPSA) is 135 Å². The maximum Gasteiger partial charge on any atom is 0.303 e. The summed E-state index contributed by atoms with van der Waals surface area (Å²) in [6.07, 6.45) is 2.23. The molecule has 0 unspecified atom stereocenters. The Kier molecular flexibility index (Phi) is 5.60. The molecule has 4 saturated carbocycles. The van der Waals surface area contributed by atoms with Crippen LogP contribution < -0.4 is 0 Å². The van der Waals surface area contributed by atoms with Crippen LogP contribution in [-0.2, 0) is 9.59 Å². The lowest BCUT2D eigenvalue weighted by Crippen LogP contribution is -2.64. The number of hydrogen-bond acceptors (Lipinski definition) is 6. The molecule has 31 heavy (non-hydrogen) atoms. The number of Topliss-reactive ketones (excluding diaryl/α,β-unsaturated/α-hetero) is 1. The van der Waals surface area contributed by atoms with Crippen LogP contribution in [0.5, 0.6) is 0 Å². The van der Waals surface area contributed by atoms with Gasteiger partial charge in [0.1, 0.15) is 0 Å². The maximum atomic E-state index is 12.5. The second kappa shape index (κ2) is 7.51. The number of carbonyl (C=O) groups is 2. The normalized spacial score (nSPS) is 49.6. The van der Waals surface area contributed by atoms with Gasteiger partial charge >= 0.3 is 5.97 Å². The minimum Gasteiger partial charge on any atom is -0.481 e. The van der Waals surface area contributed by atoms with E-state index < -0.39 is 35.2 Å². The van der Waals surface area contributed by atoms with Gasteiger partial charge in [-0.2, -0.15) is 0 Å². The van der Waals surface area contributed by atoms with Crippen molar-refractivity contribution >= 4 is 11.8 Å². The lowest BCUT2D eigenvalue weighted by Gasteiger charge is -2.63. The summed E-state index contributed by atoms with van der Waals surface area (Å²) in [5.41, 5.74) is -0.856. The van der Waals surface area contributed by atoms with E-state index in [2.05, 4.69) is 13.8 Å². The molecular formula is C24H38O7. The summed E-state index contributed by atoms with van der Waals surface area (Å²) in [5, 5.41) is 52.1. The highest BCUT2D eigenvalue weighted by atomic mass is 16.5. The Morgan fingerprint density at radius 1 is 1.13 bits per heavy atom. The molecule has 5 N–H and O–H groups in total. The number of hydrogen-bond donors (Lipinski definition) is 5. The lowest BCUT2D eigenvalue weighted by atomic mass is 9.42. The Hall–Kier alpha value is -1.02. The summed E-state index contributed by atoms with van der Waals surface area (Å²) in [4.78, 5) is 23.6. The molecule has 7 heteroatoms. The first kappa shape index (κ1) is 23.1. The van der Waals surface area contributed by atoms with Gasteiger partial charge < -0.3 is 25.5 Å². The molecule has 0 heterocycles. The second-order valence-electron chi connectivity index (χ2n) is 11.6. The Bertz CT molecular complexity index is 750. The quantitative estimate of drug-likeness (QED) is 0.423. The number of aliphatic hydroxyl groups excluding tert-OH is 2. The van der Waals surface area contributed by atoms with Crippen LogP contribution in [0.3, 0.4) is 0 Å². The van der Waals surface area contributed by atoms with Crippen LogP contribution in [0, 0.1) is 46.3 Å². The van der Waals surface area contributed by atoms with E-state index in [1.807, 2.05) is 6.92 Å². The van der Waals surface area contributed by atoms with Gasteiger partial charge in [-0.25, -0.2) is 0 Å². The molecule has 0 aromatic rings. The first-order valence-corrected chi connectivity index (χ1v) is 11.9. The van der Waals surface area contributed by atoms with Gasteiger partial charge in [0, 0.05) is 19.3 Å². The number of aliphatic carboxylic acids is 1. The molecule has 10 atom stereocenters. The third kappa shape index (κ3) is 3.38. The Morgan fingerprint density at radius 3 is 2.45 bits per heavy atom. The highest BCUT2D eigenvalue weighted by Crippen LogP contribution is 2.68. The van der Waals surface area contributed by atoms with Gasteiger partial charge in [-0.15, -0.1) is 0 Å². The van der Waals surface area contributed by atoms with E-state index >= 15 is 0 Å². The summed E-state index contributed by atoms with van der Waals surface area (Å²) in [5.74, 6) is -3.49. The highest BCUT2D eigenvalue weighted by molar-refractivity contribution is 5.87. The zero-order chi connectivity index (χ0) is 22.9. The maximum absolute atomic E-state index is 12.5. The van der Waals surface area contributed by atoms with Gasteiger partial charge in [-0.3, -0.25) is 9.59 Å². The number of rotatable bonds is 4. The van der Waals surface area contributed by atoms with Crippen molar-refractivity contribution in [3.8, 4) is 0 Å². The first-order valence-electron chi connectivity index (χ1n) is 11.9. The summed E-state index contributed by atoms with van der Waals surface area (Å²) in [7, 11) is 0. The SMILES string of the molecule is C[C@H](CCC(=O)O)[C@H]1CC[C@H]2[C@@H]3[C@H](O)C[C@@H]4CC(O)(O)C(=O)C[C@]4(C)[C@H]3C[C@H](O)[C@]12C. The molecule has 4 rings (SSSR count). The Morgan fingerprint density at radius 2 is 1.81 bits per heavy atom. The van der Waals surface area contributed by atoms with E-state index in [0.29, 0.717) is 19.3 Å². The average Bonchev–Trinajstić information content (AvgIpc) is 3.02. The van der Waals surface area contributed by atoms with Crippen LogP contribution in [0.1, 0.15) is 72.1 Å². The predicted octanol–water partition coefficient (Wildman–Crippen LogP) is 1.95. The minimum absolute atomic E-state index is 0.0380. The minimum atomic E-state index is -2.32. The highest BCUT2D eigenvalue weighted by Gasteiger charge is 2.67. The molecule has 4 aliphatic carbocycles. The van der Waals surface area contributed by atoms with Gasteiger partial charge in [0.05, 0.1) is 12.2 Å². The molecule has 0 bridgehead atoms. The number of ketones is 1. The monoisotopic (exact) mass is 438 g/mol. The standard InChI is InChI=1S/C24H38O7/c1-12(4-7-20(28)29)14-5-6-15-21-16(9-18(26)23(14,15)3)22(2)11-19(27)24(30,31)10-13(22)8-17(21)25/h12-18,21,25-26,30-31H,4-11H2,1-3H3,(H,28,29)/t12-,13-,14-,15+,16+,17-,18+,21+,22+,23-/m1/s1. The number of carbonyl (C=O) groups excluding carboxylic acids is 1. The molecular weight excluding hydrogens is 400 g/mol. The molecule has 4 aliphatic rings. The molecule has 0 aromatic heterocycles. The number of carboxylic acids is 1. The van der Waals surface area contributed by atoms with Crippen molar-refractivity contribution in [2.75, 3.05) is 0 Å². The smallest absolute Gasteiger partial charge is 0.303 e. The predicted molar refractivity (Wildman–Crippen MR) is 112 cm³/mol. The van der Waals surface area contributed by atoms with E-state index in [4.69, 9.17) is 5.11 Å². The Balaban J connectivity index is 1.63. The summed E-state index contributed by atoms with van der Waals surface area (Å²) < 4.78 is 0. The van der Waals surface area contributed by atoms with Gasteiger partial charge in [-0.1, -0.05) is 20.8 Å². The average molecular weight is 439 g/mol. The van der Waals surface area contributed by atoms with E-state index in [9.17, 15) is 30.0 Å². The van der Waals surface area contributed by atoms with Gasteiger partial charge in [0.2, 0.25) is 5.79 Å². The molecule has 4 fully saturated rings. The van der Waals surface area contributed by atoms with Crippen molar-refractivity contribution in [3.63, 3.8) is 0 Å². The number of carboxylic acid groups (broad SMARTS) is 1. The van der Waals surface area contributed by atoms with Crippen molar-refractivity contribution in [2.45, 2.75) is 90.1 Å². The molecule has 0 aromatic carbocycles. The molecule has 0 spiro atoms. The second-order valence-corrected chi connectivity index (χ2v) is 11.6. The largest absolute Gasteiger partial charge is 0.481 e. The van der Waals surface area contributed by atoms with Crippen LogP contribution >= 0.6 is 0 Å². The molecule has 7 nitrogen and oxygen atoms in total. The van der Waals surface area contributed by atoms with Crippen molar-refractivity contribution in [2.24, 2.45) is 46.3 Å². The first-order chi connectivity index (χ1) is 14.3. The Labute approximate surface area is 183 Å². The van der Waals surface area contributed by atoms with E-state index in [1.165, 1.54) is 0 Å². The lowest BCUT2D eigenvalue weighted by molar-refractivity contribution is -0.242. The van der Waals surface area contributed by atoms with Gasteiger partial charge in [0.15, 0.2) is 5.78 Å². The van der Waals surface area contributed by atoms with Gasteiger partial charge in [0.25, 0.3) is 0 Å². The van der Waals surface area contributed by atoms with Gasteiger partial charge in [-0.05, 0) is 78.4 Å². The summed E-state index contributed by atoms with van der Waals surface area (Å²) in [6, 6.07) is 0. The van der Waals surface area contributed by atoms with Crippen molar-refractivity contribution < 1.29 is 35.1 Å². The molecule has 0 saturated heterocycles. The fourth-order valence-corrected chi connectivity index (χ4v) is 8.54. The van der Waals surface area contributed by atoms with E-state index in [-0.39, 0.29) is 60.2 Å². The van der Waals surface area contributed by atoms with Crippen molar-refractivity contribution in [1.29, 1.82) is 0 Å². The molecule has 0 amide bonds. The van der Waals surface area contributed by atoms with Crippen molar-refractivity contribution in [1.82, 2.24) is 0 Å². The van der Waals surface area contributed by atoms with Crippen LogP contribution in [0.15, 0.2) is 0 Å². The zero-order valence-corrected chi connectivity index (χ0v) is 18.8. The van der Waals surface area contributed by atoms with E-state index in [1.54, 1.807) is 0 Å². The van der Waals surface area contributed by atoms with Crippen LogP contribution in [0.2, 0.25) is 0 Å². The van der Waals surface area contributed by atoms with E-state index in [0.717, 1.165) is 12.8 Å². The fourth-order valence-electron chi connectivity index (χ4n) is 8.54. The third-order valence-corrected chi connectivity index (χ3v) is 10.3.